The standard InChI is InChI=1S/C20H28N4O3/c1-20(2,3)27-19(26)24-14-12-23(13-15-24)11-9-16-4-6-17(7-5-16)22-18(25)8-10-21/h4-7H,8-9,11-15H2,1-3H3,(H,22,25). The summed E-state index contributed by atoms with van der Waals surface area (Å²) in [5.74, 6) is -0.298. The summed E-state index contributed by atoms with van der Waals surface area (Å²) in [4.78, 5) is 27.6. The average Bonchev–Trinajstić information content (AvgIpc) is 2.60. The van der Waals surface area contributed by atoms with Gasteiger partial charge in [-0.05, 0) is 44.9 Å². The highest BCUT2D eigenvalue weighted by atomic mass is 16.6. The molecule has 1 aromatic rings. The Labute approximate surface area is 160 Å². The Morgan fingerprint density at radius 3 is 2.33 bits per heavy atom. The van der Waals surface area contributed by atoms with Gasteiger partial charge < -0.3 is 15.0 Å². The predicted molar refractivity (Wildman–Crippen MR) is 103 cm³/mol. The Morgan fingerprint density at radius 1 is 1.15 bits per heavy atom. The van der Waals surface area contributed by atoms with Gasteiger partial charge in [0.05, 0.1) is 6.07 Å². The van der Waals surface area contributed by atoms with E-state index in [1.54, 1.807) is 4.90 Å². The van der Waals surface area contributed by atoms with E-state index < -0.39 is 5.60 Å². The summed E-state index contributed by atoms with van der Waals surface area (Å²) in [6.45, 7) is 9.58. The Morgan fingerprint density at radius 2 is 1.78 bits per heavy atom. The van der Waals surface area contributed by atoms with Crippen molar-refractivity contribution in [2.75, 3.05) is 38.0 Å². The van der Waals surface area contributed by atoms with Gasteiger partial charge in [0.1, 0.15) is 12.0 Å². The van der Waals surface area contributed by atoms with Crippen molar-refractivity contribution < 1.29 is 14.3 Å². The van der Waals surface area contributed by atoms with Crippen molar-refractivity contribution >= 4 is 17.7 Å². The van der Waals surface area contributed by atoms with Crippen molar-refractivity contribution in [2.24, 2.45) is 0 Å². The normalized spacial score (nSPS) is 15.1. The summed E-state index contributed by atoms with van der Waals surface area (Å²) in [5.41, 5.74) is 1.42. The molecule has 146 valence electrons. The first-order valence-corrected chi connectivity index (χ1v) is 9.23. The van der Waals surface area contributed by atoms with Crippen LogP contribution in [0, 0.1) is 11.3 Å². The number of carbonyl (C=O) groups is 2. The van der Waals surface area contributed by atoms with Crippen molar-refractivity contribution in [1.82, 2.24) is 9.80 Å². The average molecular weight is 372 g/mol. The molecule has 0 spiro atoms. The number of nitriles is 1. The van der Waals surface area contributed by atoms with Crippen LogP contribution in [0.3, 0.4) is 0 Å². The monoisotopic (exact) mass is 372 g/mol. The summed E-state index contributed by atoms with van der Waals surface area (Å²) >= 11 is 0. The van der Waals surface area contributed by atoms with Crippen molar-refractivity contribution in [3.63, 3.8) is 0 Å². The van der Waals surface area contributed by atoms with Gasteiger partial charge in [-0.15, -0.1) is 0 Å². The number of rotatable bonds is 5. The second-order valence-electron chi connectivity index (χ2n) is 7.64. The molecule has 2 rings (SSSR count). The molecular formula is C20H28N4O3. The molecule has 1 heterocycles. The second kappa shape index (κ2) is 9.38. The van der Waals surface area contributed by atoms with Gasteiger partial charge in [-0.1, -0.05) is 12.1 Å². The molecule has 7 nitrogen and oxygen atoms in total. The van der Waals surface area contributed by atoms with Gasteiger partial charge in [0.15, 0.2) is 0 Å². The molecule has 1 aromatic carbocycles. The zero-order valence-corrected chi connectivity index (χ0v) is 16.3. The summed E-state index contributed by atoms with van der Waals surface area (Å²) in [6, 6.07) is 9.50. The molecule has 0 saturated carbocycles. The first-order chi connectivity index (χ1) is 12.8. The van der Waals surface area contributed by atoms with Gasteiger partial charge in [0.2, 0.25) is 5.91 Å². The SMILES string of the molecule is CC(C)(C)OC(=O)N1CCN(CCc2ccc(NC(=O)CC#N)cc2)CC1. The number of nitrogens with one attached hydrogen (secondary N) is 1. The summed E-state index contributed by atoms with van der Waals surface area (Å²) in [7, 11) is 0. The third kappa shape index (κ3) is 7.27. The topological polar surface area (TPSA) is 85.7 Å². The molecule has 2 amide bonds. The van der Waals surface area contributed by atoms with Gasteiger partial charge in [0.25, 0.3) is 0 Å². The van der Waals surface area contributed by atoms with Crippen molar-refractivity contribution in [1.29, 1.82) is 5.26 Å². The summed E-state index contributed by atoms with van der Waals surface area (Å²) in [5, 5.41) is 11.2. The third-order valence-corrected chi connectivity index (χ3v) is 4.22. The number of hydrogen-bond donors (Lipinski definition) is 1. The molecule has 0 radical (unpaired) electrons. The van der Waals surface area contributed by atoms with Crippen LogP contribution in [0.4, 0.5) is 10.5 Å². The minimum atomic E-state index is -0.464. The Kier molecular flexibility index (Phi) is 7.19. The predicted octanol–water partition coefficient (Wildman–Crippen LogP) is 2.63. The van der Waals surface area contributed by atoms with Crippen LogP contribution in [0.5, 0.6) is 0 Å². The number of benzene rings is 1. The lowest BCUT2D eigenvalue weighted by molar-refractivity contribution is -0.115. The van der Waals surface area contributed by atoms with Crippen LogP contribution in [0.15, 0.2) is 24.3 Å². The van der Waals surface area contributed by atoms with Gasteiger partial charge in [-0.2, -0.15) is 5.26 Å². The van der Waals surface area contributed by atoms with E-state index in [-0.39, 0.29) is 18.4 Å². The maximum Gasteiger partial charge on any atom is 0.410 e. The smallest absolute Gasteiger partial charge is 0.410 e. The molecule has 1 N–H and O–H groups in total. The number of ether oxygens (including phenoxy) is 1. The highest BCUT2D eigenvalue weighted by Gasteiger charge is 2.25. The van der Waals surface area contributed by atoms with Crippen LogP contribution >= 0.6 is 0 Å². The lowest BCUT2D eigenvalue weighted by Gasteiger charge is -2.35. The van der Waals surface area contributed by atoms with E-state index in [0.717, 1.165) is 26.1 Å². The fourth-order valence-electron chi connectivity index (χ4n) is 2.80. The number of carbonyl (C=O) groups excluding carboxylic acids is 2. The Hall–Kier alpha value is -2.59. The molecule has 1 saturated heterocycles. The van der Waals surface area contributed by atoms with E-state index >= 15 is 0 Å². The fourth-order valence-corrected chi connectivity index (χ4v) is 2.80. The molecule has 0 atom stereocenters. The maximum atomic E-state index is 12.1. The minimum Gasteiger partial charge on any atom is -0.444 e. The van der Waals surface area contributed by atoms with Crippen molar-refractivity contribution in [3.05, 3.63) is 29.8 Å². The molecule has 1 aliphatic rings. The lowest BCUT2D eigenvalue weighted by Crippen LogP contribution is -2.50. The van der Waals surface area contributed by atoms with Gasteiger partial charge in [-0.3, -0.25) is 9.69 Å². The number of anilines is 1. The summed E-state index contributed by atoms with van der Waals surface area (Å²) < 4.78 is 5.42. The van der Waals surface area contributed by atoms with Gasteiger partial charge in [0, 0.05) is 38.4 Å². The van der Waals surface area contributed by atoms with Crippen molar-refractivity contribution in [2.45, 2.75) is 39.2 Å². The van der Waals surface area contributed by atoms with Crippen LogP contribution in [-0.2, 0) is 16.0 Å². The zero-order valence-electron chi connectivity index (χ0n) is 16.3. The van der Waals surface area contributed by atoms with E-state index in [2.05, 4.69) is 10.2 Å². The first-order valence-electron chi connectivity index (χ1n) is 9.23. The lowest BCUT2D eigenvalue weighted by atomic mass is 10.1. The fraction of sp³-hybridized carbons (Fsp3) is 0.550. The molecule has 0 unspecified atom stereocenters. The van der Waals surface area contributed by atoms with Crippen LogP contribution in [0.2, 0.25) is 0 Å². The molecular weight excluding hydrogens is 344 g/mol. The highest BCUT2D eigenvalue weighted by Crippen LogP contribution is 2.13. The molecule has 1 fully saturated rings. The van der Waals surface area contributed by atoms with Gasteiger partial charge >= 0.3 is 6.09 Å². The van der Waals surface area contributed by atoms with Gasteiger partial charge in [-0.25, -0.2) is 4.79 Å². The molecule has 0 aromatic heterocycles. The number of piperazine rings is 1. The van der Waals surface area contributed by atoms with E-state index in [1.807, 2.05) is 51.1 Å². The Balaban J connectivity index is 1.73. The van der Waals surface area contributed by atoms with Crippen LogP contribution in [0.25, 0.3) is 0 Å². The Bertz CT molecular complexity index is 681. The zero-order chi connectivity index (χ0) is 19.9. The first kappa shape index (κ1) is 20.7. The second-order valence-corrected chi connectivity index (χ2v) is 7.64. The van der Waals surface area contributed by atoms with E-state index in [9.17, 15) is 9.59 Å². The van der Waals surface area contributed by atoms with E-state index in [1.165, 1.54) is 5.56 Å². The summed E-state index contributed by atoms with van der Waals surface area (Å²) in [6.07, 6.45) is 0.520. The minimum absolute atomic E-state index is 0.142. The quantitative estimate of drug-likeness (QED) is 0.859. The molecule has 0 aliphatic carbocycles. The molecule has 7 heteroatoms. The highest BCUT2D eigenvalue weighted by molar-refractivity contribution is 5.91. The molecule has 1 aliphatic heterocycles. The van der Waals surface area contributed by atoms with E-state index in [0.29, 0.717) is 18.8 Å². The molecule has 0 bridgehead atoms. The van der Waals surface area contributed by atoms with E-state index in [4.69, 9.17) is 10.00 Å². The molecule has 27 heavy (non-hydrogen) atoms. The van der Waals surface area contributed by atoms with Crippen LogP contribution < -0.4 is 5.32 Å². The van der Waals surface area contributed by atoms with Crippen molar-refractivity contribution in [3.8, 4) is 6.07 Å². The maximum absolute atomic E-state index is 12.1. The van der Waals surface area contributed by atoms with Crippen LogP contribution in [-0.4, -0.2) is 60.1 Å². The third-order valence-electron chi connectivity index (χ3n) is 4.22. The number of hydrogen-bond acceptors (Lipinski definition) is 5. The largest absolute Gasteiger partial charge is 0.444 e. The number of nitrogens with zero attached hydrogens (tertiary/aromatic N) is 3. The van der Waals surface area contributed by atoms with Crippen LogP contribution in [0.1, 0.15) is 32.8 Å². The number of amides is 2.